The van der Waals surface area contributed by atoms with Crippen LogP contribution in [0.1, 0.15) is 27.7 Å². The second-order valence-electron chi connectivity index (χ2n) is 5.97. The Morgan fingerprint density at radius 2 is 1.69 bits per heavy atom. The van der Waals surface area contributed by atoms with E-state index in [1.54, 1.807) is 0 Å². The van der Waals surface area contributed by atoms with Gasteiger partial charge in [0.15, 0.2) is 0 Å². The number of nitrogens with two attached hydrogens (primary N) is 1. The van der Waals surface area contributed by atoms with E-state index >= 15 is 0 Å². The minimum absolute atomic E-state index is 0.0175. The molecule has 90 valence electrons. The number of carbonyl (C=O) groups is 2. The maximum absolute atomic E-state index is 12.0. The normalized spacial score (nSPS) is 33.2. The van der Waals surface area contributed by atoms with E-state index in [1.165, 1.54) is 4.90 Å². The van der Waals surface area contributed by atoms with Crippen LogP contribution in [-0.2, 0) is 9.59 Å². The van der Waals surface area contributed by atoms with Crippen molar-refractivity contribution in [3.63, 3.8) is 0 Å². The Morgan fingerprint density at radius 3 is 2.06 bits per heavy atom. The summed E-state index contributed by atoms with van der Waals surface area (Å²) in [6, 6.07) is -0.117. The molecule has 1 aliphatic carbocycles. The summed E-state index contributed by atoms with van der Waals surface area (Å²) in [4.78, 5) is 25.3. The first-order valence-electron chi connectivity index (χ1n) is 5.89. The van der Waals surface area contributed by atoms with Crippen molar-refractivity contribution in [1.29, 1.82) is 0 Å². The predicted octanol–water partition coefficient (Wildman–Crippen LogP) is 0.611. The van der Waals surface area contributed by atoms with Crippen LogP contribution in [0.25, 0.3) is 0 Å². The molecule has 2 rings (SSSR count). The summed E-state index contributed by atoms with van der Waals surface area (Å²) in [5.74, 6) is 0.0801. The highest BCUT2D eigenvalue weighted by atomic mass is 16.2. The SMILES string of the molecule is CC(C)C(N)CN1C(=O)C2C(C1=O)C2(C)C. The highest BCUT2D eigenvalue weighted by Crippen LogP contribution is 2.63. The molecule has 2 N–H and O–H groups in total. The molecule has 2 amide bonds. The number of likely N-dealkylation sites (tertiary alicyclic amines) is 1. The van der Waals surface area contributed by atoms with E-state index in [1.807, 2.05) is 27.7 Å². The van der Waals surface area contributed by atoms with Crippen molar-refractivity contribution < 1.29 is 9.59 Å². The molecule has 2 fully saturated rings. The summed E-state index contributed by atoms with van der Waals surface area (Å²) in [6.45, 7) is 8.34. The van der Waals surface area contributed by atoms with Gasteiger partial charge in [-0.3, -0.25) is 14.5 Å². The van der Waals surface area contributed by atoms with Gasteiger partial charge in [-0.05, 0) is 11.3 Å². The lowest BCUT2D eigenvalue weighted by Crippen LogP contribution is -2.46. The van der Waals surface area contributed by atoms with Gasteiger partial charge in [0.05, 0.1) is 11.8 Å². The van der Waals surface area contributed by atoms with Gasteiger partial charge in [0.1, 0.15) is 0 Å². The third-order valence-electron chi connectivity index (χ3n) is 4.14. The van der Waals surface area contributed by atoms with E-state index in [-0.39, 0.29) is 41.0 Å². The van der Waals surface area contributed by atoms with Gasteiger partial charge in [-0.2, -0.15) is 0 Å². The first-order valence-corrected chi connectivity index (χ1v) is 5.89. The van der Waals surface area contributed by atoms with Gasteiger partial charge in [-0.25, -0.2) is 0 Å². The fourth-order valence-electron chi connectivity index (χ4n) is 2.61. The maximum atomic E-state index is 12.0. The van der Waals surface area contributed by atoms with Crippen molar-refractivity contribution in [2.75, 3.05) is 6.54 Å². The smallest absolute Gasteiger partial charge is 0.233 e. The standard InChI is InChI=1S/C12H20N2O2/c1-6(2)7(13)5-14-10(15)8-9(11(14)16)12(8,3)4/h6-9H,5,13H2,1-4H3. The summed E-state index contributed by atoms with van der Waals surface area (Å²) in [6.07, 6.45) is 0. The third-order valence-corrected chi connectivity index (χ3v) is 4.14. The highest BCUT2D eigenvalue weighted by molar-refractivity contribution is 6.10. The number of rotatable bonds is 3. The van der Waals surface area contributed by atoms with Crippen LogP contribution in [0.5, 0.6) is 0 Å². The molecular formula is C12H20N2O2. The lowest BCUT2D eigenvalue weighted by molar-refractivity contribution is -0.143. The minimum Gasteiger partial charge on any atom is -0.326 e. The Labute approximate surface area is 96.2 Å². The first kappa shape index (κ1) is 11.6. The molecule has 16 heavy (non-hydrogen) atoms. The molecule has 1 saturated heterocycles. The molecule has 1 saturated carbocycles. The summed E-state index contributed by atoms with van der Waals surface area (Å²) < 4.78 is 0. The molecule has 3 unspecified atom stereocenters. The lowest BCUT2D eigenvalue weighted by Gasteiger charge is -2.25. The Morgan fingerprint density at radius 1 is 1.25 bits per heavy atom. The van der Waals surface area contributed by atoms with Gasteiger partial charge in [0.2, 0.25) is 11.8 Å². The van der Waals surface area contributed by atoms with E-state index in [4.69, 9.17) is 5.73 Å². The van der Waals surface area contributed by atoms with E-state index in [2.05, 4.69) is 0 Å². The monoisotopic (exact) mass is 224 g/mol. The molecule has 1 aliphatic heterocycles. The van der Waals surface area contributed by atoms with Crippen molar-refractivity contribution in [1.82, 2.24) is 4.90 Å². The summed E-state index contributed by atoms with van der Waals surface area (Å²) in [5, 5.41) is 0. The maximum Gasteiger partial charge on any atom is 0.233 e. The van der Waals surface area contributed by atoms with Crippen LogP contribution in [0.4, 0.5) is 0 Å². The predicted molar refractivity (Wildman–Crippen MR) is 60.3 cm³/mol. The van der Waals surface area contributed by atoms with Crippen LogP contribution in [0, 0.1) is 23.2 Å². The number of amides is 2. The van der Waals surface area contributed by atoms with Crippen molar-refractivity contribution in [2.45, 2.75) is 33.7 Å². The van der Waals surface area contributed by atoms with Crippen LogP contribution in [-0.4, -0.2) is 29.3 Å². The molecule has 0 spiro atoms. The molecule has 4 nitrogen and oxygen atoms in total. The van der Waals surface area contributed by atoms with Crippen LogP contribution in [0.3, 0.4) is 0 Å². The second-order valence-corrected chi connectivity index (χ2v) is 5.97. The molecule has 0 aromatic rings. The minimum atomic E-state index is -0.118. The second kappa shape index (κ2) is 3.29. The van der Waals surface area contributed by atoms with Gasteiger partial charge < -0.3 is 5.73 Å². The number of hydrogen-bond donors (Lipinski definition) is 1. The number of hydrogen-bond acceptors (Lipinski definition) is 3. The number of nitrogens with zero attached hydrogens (tertiary/aromatic N) is 1. The van der Waals surface area contributed by atoms with Gasteiger partial charge in [-0.15, -0.1) is 0 Å². The Bertz CT molecular complexity index is 325. The molecule has 2 aliphatic rings. The van der Waals surface area contributed by atoms with Gasteiger partial charge in [-0.1, -0.05) is 27.7 Å². The topological polar surface area (TPSA) is 63.4 Å². The average Bonchev–Trinajstić information content (AvgIpc) is 2.64. The van der Waals surface area contributed by atoms with E-state index < -0.39 is 0 Å². The van der Waals surface area contributed by atoms with E-state index in [0.29, 0.717) is 6.54 Å². The van der Waals surface area contributed by atoms with E-state index in [0.717, 1.165) is 0 Å². The Hall–Kier alpha value is -0.900. The number of fused-ring (bicyclic) bond motifs is 1. The van der Waals surface area contributed by atoms with Gasteiger partial charge in [0.25, 0.3) is 0 Å². The molecule has 4 heteroatoms. The molecular weight excluding hydrogens is 204 g/mol. The van der Waals surface area contributed by atoms with Crippen LogP contribution in [0.15, 0.2) is 0 Å². The fourth-order valence-corrected chi connectivity index (χ4v) is 2.61. The van der Waals surface area contributed by atoms with Crippen molar-refractivity contribution in [2.24, 2.45) is 28.9 Å². The summed E-state index contributed by atoms with van der Waals surface area (Å²) in [5.41, 5.74) is 5.78. The Balaban J connectivity index is 2.06. The van der Waals surface area contributed by atoms with Crippen LogP contribution in [0.2, 0.25) is 0 Å². The molecule has 3 atom stereocenters. The zero-order valence-electron chi connectivity index (χ0n) is 10.4. The highest BCUT2D eigenvalue weighted by Gasteiger charge is 2.72. The molecule has 1 heterocycles. The lowest BCUT2D eigenvalue weighted by atomic mass is 10.0. The van der Waals surface area contributed by atoms with E-state index in [9.17, 15) is 9.59 Å². The largest absolute Gasteiger partial charge is 0.326 e. The molecule has 0 bridgehead atoms. The van der Waals surface area contributed by atoms with Crippen molar-refractivity contribution in [3.8, 4) is 0 Å². The summed E-state index contributed by atoms with van der Waals surface area (Å²) in [7, 11) is 0. The van der Waals surface area contributed by atoms with Gasteiger partial charge >= 0.3 is 0 Å². The zero-order valence-corrected chi connectivity index (χ0v) is 10.4. The van der Waals surface area contributed by atoms with Crippen LogP contribution < -0.4 is 5.73 Å². The van der Waals surface area contributed by atoms with Gasteiger partial charge in [0, 0.05) is 12.6 Å². The zero-order chi connectivity index (χ0) is 12.2. The average molecular weight is 224 g/mol. The number of imide groups is 1. The first-order chi connectivity index (χ1) is 7.28. The molecule has 0 radical (unpaired) electrons. The molecule has 0 aromatic heterocycles. The summed E-state index contributed by atoms with van der Waals surface area (Å²) >= 11 is 0. The number of piperidine rings is 1. The fraction of sp³-hybridized carbons (Fsp3) is 0.833. The quantitative estimate of drug-likeness (QED) is 0.714. The van der Waals surface area contributed by atoms with Crippen LogP contribution >= 0.6 is 0 Å². The number of carbonyl (C=O) groups excluding carboxylic acids is 2. The molecule has 0 aromatic carbocycles. The van der Waals surface area contributed by atoms with Crippen molar-refractivity contribution in [3.05, 3.63) is 0 Å². The Kier molecular flexibility index (Phi) is 2.38. The van der Waals surface area contributed by atoms with Crippen molar-refractivity contribution >= 4 is 11.8 Å². The third kappa shape index (κ3) is 1.39.